The maximum absolute atomic E-state index is 14.6. The lowest BCUT2D eigenvalue weighted by Gasteiger charge is -2.35. The van der Waals surface area contributed by atoms with E-state index < -0.39 is 36.1 Å². The fourth-order valence-electron chi connectivity index (χ4n) is 3.31. The van der Waals surface area contributed by atoms with E-state index in [1.165, 1.54) is 19.1 Å². The molecule has 0 saturated carbocycles. The number of nitrogens with zero attached hydrogens (tertiary/aromatic N) is 2. The van der Waals surface area contributed by atoms with Crippen LogP contribution in [0.4, 0.5) is 17.6 Å². The number of fused-ring (bicyclic) bond motifs is 1. The third kappa shape index (κ3) is 3.62. The van der Waals surface area contributed by atoms with Gasteiger partial charge in [0.2, 0.25) is 5.89 Å². The monoisotopic (exact) mass is 427 g/mol. The van der Waals surface area contributed by atoms with Crippen LogP contribution in [-0.4, -0.2) is 23.3 Å². The summed E-state index contributed by atoms with van der Waals surface area (Å²) in [5, 5.41) is 0.456. The van der Waals surface area contributed by atoms with Crippen LogP contribution in [-0.2, 0) is 10.3 Å². The van der Waals surface area contributed by atoms with Crippen LogP contribution >= 0.6 is 11.6 Å². The molecule has 1 aliphatic heterocycles. The smallest absolute Gasteiger partial charge is 0.425 e. The number of halogens is 5. The number of aliphatic imine (C=N–C) groups is 1. The minimum absolute atomic E-state index is 0.0733. The van der Waals surface area contributed by atoms with Gasteiger partial charge in [0, 0.05) is 28.6 Å². The van der Waals surface area contributed by atoms with Gasteiger partial charge in [-0.25, -0.2) is 14.4 Å². The molecule has 152 valence electrons. The van der Waals surface area contributed by atoms with Crippen LogP contribution < -0.4 is 5.73 Å². The van der Waals surface area contributed by atoms with Crippen LogP contribution in [0.1, 0.15) is 18.9 Å². The summed E-state index contributed by atoms with van der Waals surface area (Å²) in [6, 6.07) is 8.14. The SMILES string of the molecule is C[C@@]1(c2cc(-c3nc4ccc(Cl)cc4o3)ccc2F)C[C@@H](C(F)(F)F)OC(N)=N1. The number of ether oxygens (including phenoxy) is 1. The number of oxazole rings is 1. The number of hydrogen-bond donors (Lipinski definition) is 1. The van der Waals surface area contributed by atoms with Gasteiger partial charge in [0.05, 0.1) is 5.54 Å². The second kappa shape index (κ2) is 6.62. The lowest BCUT2D eigenvalue weighted by Crippen LogP contribution is -2.46. The molecule has 0 unspecified atom stereocenters. The standard InChI is InChI=1S/C19H14ClF4N3O2/c1-18(8-15(19(22,23)24)29-17(25)27-18)11-6-9(2-4-12(11)21)16-26-13-5-3-10(20)7-14(13)28-16/h2-7,15H,8H2,1H3,(H2,25,27)/t15-,18-/m0/s1. The van der Waals surface area contributed by atoms with Gasteiger partial charge in [-0.1, -0.05) is 11.6 Å². The van der Waals surface area contributed by atoms with Gasteiger partial charge in [0.25, 0.3) is 6.02 Å². The zero-order valence-corrected chi connectivity index (χ0v) is 15.7. The molecule has 0 radical (unpaired) electrons. The van der Waals surface area contributed by atoms with E-state index in [-0.39, 0.29) is 11.5 Å². The summed E-state index contributed by atoms with van der Waals surface area (Å²) in [5.74, 6) is -0.557. The Morgan fingerprint density at radius 2 is 1.97 bits per heavy atom. The molecule has 2 N–H and O–H groups in total. The maximum Gasteiger partial charge on any atom is 0.425 e. The number of amidine groups is 1. The van der Waals surface area contributed by atoms with Crippen molar-refractivity contribution >= 4 is 28.7 Å². The summed E-state index contributed by atoms with van der Waals surface area (Å²) in [4.78, 5) is 8.28. The second-order valence-corrected chi connectivity index (χ2v) is 7.34. The average Bonchev–Trinajstić information content (AvgIpc) is 3.03. The molecule has 2 aromatic carbocycles. The van der Waals surface area contributed by atoms with Gasteiger partial charge in [-0.05, 0) is 37.3 Å². The van der Waals surface area contributed by atoms with Gasteiger partial charge >= 0.3 is 6.18 Å². The van der Waals surface area contributed by atoms with E-state index in [0.29, 0.717) is 21.7 Å². The van der Waals surface area contributed by atoms with E-state index in [2.05, 4.69) is 14.7 Å². The van der Waals surface area contributed by atoms with Crippen LogP contribution in [0.2, 0.25) is 5.02 Å². The van der Waals surface area contributed by atoms with Crippen molar-refractivity contribution in [3.05, 3.63) is 52.8 Å². The molecule has 5 nitrogen and oxygen atoms in total. The quantitative estimate of drug-likeness (QED) is 0.573. The summed E-state index contributed by atoms with van der Waals surface area (Å²) in [6.45, 7) is 1.37. The summed E-state index contributed by atoms with van der Waals surface area (Å²) >= 11 is 5.94. The molecular weight excluding hydrogens is 414 g/mol. The molecule has 1 aliphatic rings. The molecule has 2 atom stereocenters. The molecule has 4 rings (SSSR count). The predicted octanol–water partition coefficient (Wildman–Crippen LogP) is 5.17. The highest BCUT2D eigenvalue weighted by Crippen LogP contribution is 2.41. The van der Waals surface area contributed by atoms with Crippen molar-refractivity contribution in [2.24, 2.45) is 10.7 Å². The number of nitrogens with two attached hydrogens (primary N) is 1. The lowest BCUT2D eigenvalue weighted by molar-refractivity contribution is -0.208. The van der Waals surface area contributed by atoms with Crippen molar-refractivity contribution in [2.45, 2.75) is 31.2 Å². The van der Waals surface area contributed by atoms with E-state index >= 15 is 0 Å². The molecule has 1 aromatic heterocycles. The first-order valence-corrected chi connectivity index (χ1v) is 8.88. The van der Waals surface area contributed by atoms with Crippen molar-refractivity contribution < 1.29 is 26.7 Å². The van der Waals surface area contributed by atoms with E-state index in [0.717, 1.165) is 6.07 Å². The minimum atomic E-state index is -4.67. The first kappa shape index (κ1) is 19.5. The van der Waals surface area contributed by atoms with Crippen LogP contribution in [0.5, 0.6) is 0 Å². The number of alkyl halides is 3. The second-order valence-electron chi connectivity index (χ2n) is 6.90. The number of hydrogen-bond acceptors (Lipinski definition) is 5. The van der Waals surface area contributed by atoms with Crippen molar-refractivity contribution in [1.82, 2.24) is 4.98 Å². The molecule has 2 heterocycles. The largest absolute Gasteiger partial charge is 0.452 e. The zero-order chi connectivity index (χ0) is 21.0. The molecule has 0 aliphatic carbocycles. The summed E-state index contributed by atoms with van der Waals surface area (Å²) < 4.78 is 64.5. The van der Waals surface area contributed by atoms with Gasteiger partial charge in [0.15, 0.2) is 11.7 Å². The highest BCUT2D eigenvalue weighted by Gasteiger charge is 2.50. The Morgan fingerprint density at radius 1 is 1.21 bits per heavy atom. The fraction of sp³-hybridized carbons (Fsp3) is 0.263. The minimum Gasteiger partial charge on any atom is -0.452 e. The van der Waals surface area contributed by atoms with Gasteiger partial charge in [-0.3, -0.25) is 0 Å². The van der Waals surface area contributed by atoms with Crippen LogP contribution in [0.3, 0.4) is 0 Å². The fourth-order valence-corrected chi connectivity index (χ4v) is 3.47. The van der Waals surface area contributed by atoms with Crippen molar-refractivity contribution in [3.63, 3.8) is 0 Å². The lowest BCUT2D eigenvalue weighted by atomic mass is 9.84. The molecule has 0 bridgehead atoms. The molecule has 0 fully saturated rings. The Hall–Kier alpha value is -2.81. The molecule has 0 saturated heterocycles. The van der Waals surface area contributed by atoms with Crippen LogP contribution in [0.25, 0.3) is 22.6 Å². The number of aromatic nitrogens is 1. The normalized spacial score (nSPS) is 22.4. The molecule has 29 heavy (non-hydrogen) atoms. The van der Waals surface area contributed by atoms with E-state index in [9.17, 15) is 17.6 Å². The average molecular weight is 428 g/mol. The molecule has 3 aromatic rings. The number of benzene rings is 2. The highest BCUT2D eigenvalue weighted by molar-refractivity contribution is 6.31. The first-order chi connectivity index (χ1) is 13.5. The van der Waals surface area contributed by atoms with E-state index in [1.807, 2.05) is 0 Å². The Kier molecular flexibility index (Phi) is 4.45. The zero-order valence-electron chi connectivity index (χ0n) is 14.9. The number of rotatable bonds is 2. The van der Waals surface area contributed by atoms with Crippen molar-refractivity contribution in [1.29, 1.82) is 0 Å². The van der Waals surface area contributed by atoms with Crippen LogP contribution in [0, 0.1) is 5.82 Å². The van der Waals surface area contributed by atoms with Gasteiger partial charge in [0.1, 0.15) is 11.3 Å². The van der Waals surface area contributed by atoms with E-state index in [4.69, 9.17) is 21.8 Å². The Balaban J connectivity index is 1.79. The first-order valence-electron chi connectivity index (χ1n) is 8.50. The molecule has 0 amide bonds. The maximum atomic E-state index is 14.6. The molecule has 0 spiro atoms. The summed E-state index contributed by atoms with van der Waals surface area (Å²) in [7, 11) is 0. The highest BCUT2D eigenvalue weighted by atomic mass is 35.5. The Morgan fingerprint density at radius 3 is 2.69 bits per heavy atom. The topological polar surface area (TPSA) is 73.6 Å². The molecular formula is C19H14ClF4N3O2. The third-order valence-corrected chi connectivity index (χ3v) is 4.95. The van der Waals surface area contributed by atoms with Gasteiger partial charge < -0.3 is 14.9 Å². The Labute approximate surface area is 167 Å². The predicted molar refractivity (Wildman–Crippen MR) is 98.9 cm³/mol. The van der Waals surface area contributed by atoms with Crippen LogP contribution in [0.15, 0.2) is 45.8 Å². The third-order valence-electron chi connectivity index (χ3n) is 4.71. The van der Waals surface area contributed by atoms with Gasteiger partial charge in [-0.2, -0.15) is 13.2 Å². The summed E-state index contributed by atoms with van der Waals surface area (Å²) in [5.41, 5.74) is 5.14. The Bertz CT molecular complexity index is 1130. The van der Waals surface area contributed by atoms with Crippen molar-refractivity contribution in [3.8, 4) is 11.5 Å². The van der Waals surface area contributed by atoms with Crippen molar-refractivity contribution in [2.75, 3.05) is 0 Å². The summed E-state index contributed by atoms with van der Waals surface area (Å²) in [6.07, 6.45) is -7.49. The van der Waals surface area contributed by atoms with Gasteiger partial charge in [-0.15, -0.1) is 0 Å². The molecule has 10 heteroatoms. The van der Waals surface area contributed by atoms with E-state index in [1.54, 1.807) is 18.2 Å².